The first kappa shape index (κ1) is 13.2. The third-order valence-electron chi connectivity index (χ3n) is 4.21. The van der Waals surface area contributed by atoms with Gasteiger partial charge in [0.2, 0.25) is 0 Å². The van der Waals surface area contributed by atoms with Crippen LogP contribution < -0.4 is 14.8 Å². The van der Waals surface area contributed by atoms with Gasteiger partial charge in [-0.1, -0.05) is 36.4 Å². The van der Waals surface area contributed by atoms with Crippen LogP contribution in [0.15, 0.2) is 48.5 Å². The highest BCUT2D eigenvalue weighted by Gasteiger charge is 2.31. The second kappa shape index (κ2) is 5.37. The van der Waals surface area contributed by atoms with E-state index in [4.69, 9.17) is 9.47 Å². The van der Waals surface area contributed by atoms with Crippen LogP contribution in [0, 0.1) is 0 Å². The zero-order valence-corrected chi connectivity index (χ0v) is 12.1. The standard InChI is InChI=1S/C18H17NO3/c20-18(17-11-12-5-1-3-7-15(12)22-17)19-14-9-10-21-16-8-4-2-6-13(14)16/h1-8,14,17H,9-11H2,(H,19,20)/t14-,17-/m0/s1. The summed E-state index contributed by atoms with van der Waals surface area (Å²) in [5.74, 6) is 1.61. The Hall–Kier alpha value is -2.49. The summed E-state index contributed by atoms with van der Waals surface area (Å²) >= 11 is 0. The van der Waals surface area contributed by atoms with E-state index in [0.29, 0.717) is 13.0 Å². The molecule has 2 atom stereocenters. The summed E-state index contributed by atoms with van der Waals surface area (Å²) in [6.45, 7) is 0.619. The molecule has 4 nitrogen and oxygen atoms in total. The van der Waals surface area contributed by atoms with E-state index in [1.165, 1.54) is 0 Å². The van der Waals surface area contributed by atoms with Crippen LogP contribution in [0.25, 0.3) is 0 Å². The molecule has 0 aromatic heterocycles. The van der Waals surface area contributed by atoms with E-state index in [2.05, 4.69) is 5.32 Å². The Kier molecular flexibility index (Phi) is 3.22. The van der Waals surface area contributed by atoms with Crippen LogP contribution in [-0.2, 0) is 11.2 Å². The van der Waals surface area contributed by atoms with Crippen molar-refractivity contribution in [2.24, 2.45) is 0 Å². The van der Waals surface area contributed by atoms with Gasteiger partial charge < -0.3 is 14.8 Å². The van der Waals surface area contributed by atoms with Gasteiger partial charge in [0.25, 0.3) is 5.91 Å². The second-order valence-electron chi connectivity index (χ2n) is 5.65. The Morgan fingerprint density at radius 1 is 1.05 bits per heavy atom. The van der Waals surface area contributed by atoms with E-state index in [-0.39, 0.29) is 11.9 Å². The number of para-hydroxylation sites is 2. The molecule has 2 aromatic rings. The van der Waals surface area contributed by atoms with Crippen molar-refractivity contribution in [2.45, 2.75) is 25.0 Å². The molecule has 0 saturated carbocycles. The fourth-order valence-corrected chi connectivity index (χ4v) is 3.08. The molecule has 2 aliphatic rings. The Morgan fingerprint density at radius 2 is 1.82 bits per heavy atom. The normalized spacial score (nSPS) is 22.0. The highest BCUT2D eigenvalue weighted by atomic mass is 16.5. The maximum absolute atomic E-state index is 12.5. The molecule has 2 heterocycles. The number of carbonyl (C=O) groups excluding carboxylic acids is 1. The maximum Gasteiger partial charge on any atom is 0.261 e. The van der Waals surface area contributed by atoms with Crippen molar-refractivity contribution in [2.75, 3.05) is 6.61 Å². The average Bonchev–Trinajstić information content (AvgIpc) is 2.99. The number of ether oxygens (including phenoxy) is 2. The third-order valence-corrected chi connectivity index (χ3v) is 4.21. The van der Waals surface area contributed by atoms with Gasteiger partial charge in [-0.05, 0) is 17.7 Å². The lowest BCUT2D eigenvalue weighted by atomic mass is 10.00. The van der Waals surface area contributed by atoms with Crippen LogP contribution in [0.4, 0.5) is 0 Å². The fourth-order valence-electron chi connectivity index (χ4n) is 3.08. The lowest BCUT2D eigenvalue weighted by molar-refractivity contribution is -0.128. The number of hydrogen-bond donors (Lipinski definition) is 1. The van der Waals surface area contributed by atoms with E-state index in [1.54, 1.807) is 0 Å². The SMILES string of the molecule is O=C(N[C@H]1CCOc2ccccc21)[C@@H]1Cc2ccccc2O1. The number of benzene rings is 2. The first-order valence-electron chi connectivity index (χ1n) is 7.58. The molecular formula is C18H17NO3. The van der Waals surface area contributed by atoms with E-state index < -0.39 is 6.10 Å². The molecular weight excluding hydrogens is 278 g/mol. The summed E-state index contributed by atoms with van der Waals surface area (Å²) < 4.78 is 11.4. The zero-order chi connectivity index (χ0) is 14.9. The topological polar surface area (TPSA) is 47.6 Å². The molecule has 22 heavy (non-hydrogen) atoms. The molecule has 1 amide bonds. The summed E-state index contributed by atoms with van der Waals surface area (Å²) in [5.41, 5.74) is 2.13. The predicted octanol–water partition coefficient (Wildman–Crippen LogP) is 2.63. The van der Waals surface area contributed by atoms with Gasteiger partial charge in [0, 0.05) is 18.4 Å². The van der Waals surface area contributed by atoms with Gasteiger partial charge in [-0.15, -0.1) is 0 Å². The molecule has 112 valence electrons. The monoisotopic (exact) mass is 295 g/mol. The van der Waals surface area contributed by atoms with Crippen molar-refractivity contribution in [3.63, 3.8) is 0 Å². The number of rotatable bonds is 2. The summed E-state index contributed by atoms with van der Waals surface area (Å²) in [4.78, 5) is 12.5. The highest BCUT2D eigenvalue weighted by Crippen LogP contribution is 2.33. The number of carbonyl (C=O) groups is 1. The first-order valence-corrected chi connectivity index (χ1v) is 7.58. The summed E-state index contributed by atoms with van der Waals surface area (Å²) in [6, 6.07) is 15.7. The van der Waals surface area contributed by atoms with Crippen LogP contribution in [-0.4, -0.2) is 18.6 Å². The molecule has 0 fully saturated rings. The molecule has 0 saturated heterocycles. The lowest BCUT2D eigenvalue weighted by Gasteiger charge is -2.27. The van der Waals surface area contributed by atoms with Crippen LogP contribution in [0.1, 0.15) is 23.6 Å². The minimum atomic E-state index is -0.438. The van der Waals surface area contributed by atoms with Gasteiger partial charge in [-0.3, -0.25) is 4.79 Å². The van der Waals surface area contributed by atoms with Crippen LogP contribution in [0.2, 0.25) is 0 Å². The molecule has 4 rings (SSSR count). The fraction of sp³-hybridized carbons (Fsp3) is 0.278. The Bertz CT molecular complexity index is 688. The maximum atomic E-state index is 12.5. The molecule has 0 spiro atoms. The van der Waals surface area contributed by atoms with Gasteiger partial charge in [0.15, 0.2) is 6.10 Å². The Morgan fingerprint density at radius 3 is 2.68 bits per heavy atom. The van der Waals surface area contributed by atoms with Crippen molar-refractivity contribution < 1.29 is 14.3 Å². The van der Waals surface area contributed by atoms with Gasteiger partial charge in [-0.2, -0.15) is 0 Å². The molecule has 4 heteroatoms. The van der Waals surface area contributed by atoms with Crippen LogP contribution in [0.3, 0.4) is 0 Å². The van der Waals surface area contributed by atoms with Crippen LogP contribution >= 0.6 is 0 Å². The minimum absolute atomic E-state index is 0.00948. The molecule has 0 radical (unpaired) electrons. The van der Waals surface area contributed by atoms with Gasteiger partial charge in [0.05, 0.1) is 12.6 Å². The average molecular weight is 295 g/mol. The molecule has 0 bridgehead atoms. The molecule has 2 aliphatic heterocycles. The minimum Gasteiger partial charge on any atom is -0.493 e. The number of fused-ring (bicyclic) bond motifs is 2. The zero-order valence-electron chi connectivity index (χ0n) is 12.1. The molecule has 0 unspecified atom stereocenters. The van der Waals surface area contributed by atoms with E-state index in [9.17, 15) is 4.79 Å². The lowest BCUT2D eigenvalue weighted by Crippen LogP contribution is -2.41. The summed E-state index contributed by atoms with van der Waals surface area (Å²) in [5, 5.41) is 3.11. The van der Waals surface area contributed by atoms with E-state index in [1.807, 2.05) is 48.5 Å². The quantitative estimate of drug-likeness (QED) is 0.926. The summed E-state index contributed by atoms with van der Waals surface area (Å²) in [7, 11) is 0. The van der Waals surface area contributed by atoms with Gasteiger partial charge in [0.1, 0.15) is 11.5 Å². The second-order valence-corrected chi connectivity index (χ2v) is 5.65. The Labute approximate surface area is 129 Å². The highest BCUT2D eigenvalue weighted by molar-refractivity contribution is 5.83. The van der Waals surface area contributed by atoms with Crippen molar-refractivity contribution in [1.82, 2.24) is 5.32 Å². The van der Waals surface area contributed by atoms with E-state index in [0.717, 1.165) is 29.0 Å². The third kappa shape index (κ3) is 2.30. The van der Waals surface area contributed by atoms with Crippen molar-refractivity contribution in [3.8, 4) is 11.5 Å². The number of amides is 1. The van der Waals surface area contributed by atoms with Gasteiger partial charge in [-0.25, -0.2) is 0 Å². The van der Waals surface area contributed by atoms with Crippen LogP contribution in [0.5, 0.6) is 11.5 Å². The predicted molar refractivity (Wildman–Crippen MR) is 82.0 cm³/mol. The Balaban J connectivity index is 1.48. The first-order chi connectivity index (χ1) is 10.8. The number of hydrogen-bond acceptors (Lipinski definition) is 3. The van der Waals surface area contributed by atoms with Gasteiger partial charge >= 0.3 is 0 Å². The smallest absolute Gasteiger partial charge is 0.261 e. The van der Waals surface area contributed by atoms with Crippen molar-refractivity contribution >= 4 is 5.91 Å². The molecule has 1 N–H and O–H groups in total. The number of nitrogens with one attached hydrogen (secondary N) is 1. The van der Waals surface area contributed by atoms with Crippen molar-refractivity contribution in [3.05, 3.63) is 59.7 Å². The van der Waals surface area contributed by atoms with E-state index >= 15 is 0 Å². The molecule has 0 aliphatic carbocycles. The molecule has 2 aromatic carbocycles. The van der Waals surface area contributed by atoms with Crippen molar-refractivity contribution in [1.29, 1.82) is 0 Å². The summed E-state index contributed by atoms with van der Waals surface area (Å²) in [6.07, 6.45) is 0.974. The largest absolute Gasteiger partial charge is 0.493 e.